The molecule has 3 N–H and O–H groups in total. The lowest BCUT2D eigenvalue weighted by atomic mass is 10.1. The highest BCUT2D eigenvalue weighted by Crippen LogP contribution is 2.10. The molecule has 0 radical (unpaired) electrons. The minimum atomic E-state index is -0.627. The molecule has 2 saturated heterocycles. The number of nitrogens with zero attached hydrogens (tertiary/aromatic N) is 1. The van der Waals surface area contributed by atoms with Gasteiger partial charge < -0.3 is 20.3 Å². The SMILES string of the molecule is O[C@H]1[C@@H](O)CN[C@@H]1CN1CCOCC1. The molecule has 2 heterocycles. The van der Waals surface area contributed by atoms with Gasteiger partial charge in [-0.05, 0) is 0 Å². The van der Waals surface area contributed by atoms with Crippen molar-refractivity contribution in [2.24, 2.45) is 0 Å². The van der Waals surface area contributed by atoms with E-state index in [-0.39, 0.29) is 6.04 Å². The summed E-state index contributed by atoms with van der Waals surface area (Å²) >= 11 is 0. The lowest BCUT2D eigenvalue weighted by Crippen LogP contribution is -2.47. The second-order valence-corrected chi connectivity index (χ2v) is 3.99. The van der Waals surface area contributed by atoms with E-state index >= 15 is 0 Å². The molecular weight excluding hydrogens is 184 g/mol. The van der Waals surface area contributed by atoms with Gasteiger partial charge in [-0.2, -0.15) is 0 Å². The van der Waals surface area contributed by atoms with Crippen molar-refractivity contribution in [2.45, 2.75) is 18.2 Å². The van der Waals surface area contributed by atoms with Crippen LogP contribution in [0.15, 0.2) is 0 Å². The Hall–Kier alpha value is -0.200. The third-order valence-corrected chi connectivity index (χ3v) is 2.95. The first-order chi connectivity index (χ1) is 6.77. The molecule has 0 saturated carbocycles. The zero-order valence-corrected chi connectivity index (χ0v) is 8.22. The highest BCUT2D eigenvalue weighted by Gasteiger charge is 2.34. The van der Waals surface area contributed by atoms with Gasteiger partial charge in [-0.25, -0.2) is 0 Å². The maximum Gasteiger partial charge on any atom is 0.0976 e. The number of hydrogen-bond acceptors (Lipinski definition) is 5. The van der Waals surface area contributed by atoms with Crippen LogP contribution in [0.4, 0.5) is 0 Å². The highest BCUT2D eigenvalue weighted by atomic mass is 16.5. The first kappa shape index (κ1) is 10.3. The number of aliphatic hydroxyl groups excluding tert-OH is 2. The van der Waals surface area contributed by atoms with E-state index in [4.69, 9.17) is 4.74 Å². The first-order valence-corrected chi connectivity index (χ1v) is 5.17. The van der Waals surface area contributed by atoms with Gasteiger partial charge in [-0.15, -0.1) is 0 Å². The number of ether oxygens (including phenoxy) is 1. The molecule has 3 atom stereocenters. The van der Waals surface area contributed by atoms with Crippen LogP contribution >= 0.6 is 0 Å². The normalized spacial score (nSPS) is 40.3. The maximum absolute atomic E-state index is 9.62. The summed E-state index contributed by atoms with van der Waals surface area (Å²) < 4.78 is 5.24. The van der Waals surface area contributed by atoms with Crippen molar-refractivity contribution < 1.29 is 14.9 Å². The Kier molecular flexibility index (Phi) is 3.35. The van der Waals surface area contributed by atoms with E-state index < -0.39 is 12.2 Å². The number of nitrogens with one attached hydrogen (secondary N) is 1. The molecule has 0 aromatic carbocycles. The molecule has 2 aliphatic heterocycles. The second-order valence-electron chi connectivity index (χ2n) is 3.99. The quantitative estimate of drug-likeness (QED) is 0.484. The van der Waals surface area contributed by atoms with Crippen LogP contribution in [0.2, 0.25) is 0 Å². The summed E-state index contributed by atoms with van der Waals surface area (Å²) in [6.07, 6.45) is -1.24. The molecule has 2 fully saturated rings. The molecule has 2 aliphatic rings. The number of hydrogen-bond donors (Lipinski definition) is 3. The largest absolute Gasteiger partial charge is 0.389 e. The molecule has 5 nitrogen and oxygen atoms in total. The number of rotatable bonds is 2. The first-order valence-electron chi connectivity index (χ1n) is 5.17. The highest BCUT2D eigenvalue weighted by molar-refractivity contribution is 4.92. The van der Waals surface area contributed by atoms with E-state index in [1.54, 1.807) is 0 Å². The minimum absolute atomic E-state index is 0.00287. The molecule has 0 aromatic rings. The topological polar surface area (TPSA) is 65.0 Å². The van der Waals surface area contributed by atoms with Crippen molar-refractivity contribution in [3.05, 3.63) is 0 Å². The predicted molar refractivity (Wildman–Crippen MR) is 51.1 cm³/mol. The number of morpholine rings is 1. The summed E-state index contributed by atoms with van der Waals surface area (Å²) in [6, 6.07) is 0.00287. The molecular formula is C9H18N2O3. The number of aliphatic hydroxyl groups is 2. The fourth-order valence-electron chi connectivity index (χ4n) is 2.02. The Morgan fingerprint density at radius 2 is 2.00 bits per heavy atom. The van der Waals surface area contributed by atoms with Crippen molar-refractivity contribution in [3.8, 4) is 0 Å². The summed E-state index contributed by atoms with van der Waals surface area (Å²) in [5.41, 5.74) is 0. The standard InChI is InChI=1S/C9H18N2O3/c12-8-5-10-7(9(8)13)6-11-1-3-14-4-2-11/h7-10,12-13H,1-6H2/t7-,8+,9-/m1/s1. The second kappa shape index (κ2) is 4.55. The van der Waals surface area contributed by atoms with E-state index in [0.717, 1.165) is 32.8 Å². The Balaban J connectivity index is 1.79. The zero-order valence-electron chi connectivity index (χ0n) is 8.22. The summed E-state index contributed by atoms with van der Waals surface area (Å²) in [6.45, 7) is 4.66. The van der Waals surface area contributed by atoms with E-state index in [9.17, 15) is 10.2 Å². The van der Waals surface area contributed by atoms with Crippen LogP contribution in [-0.4, -0.2) is 72.8 Å². The van der Waals surface area contributed by atoms with Gasteiger partial charge in [0.2, 0.25) is 0 Å². The Labute approximate surface area is 83.7 Å². The Morgan fingerprint density at radius 1 is 1.29 bits per heavy atom. The van der Waals surface area contributed by atoms with Crippen molar-refractivity contribution in [3.63, 3.8) is 0 Å². The molecule has 0 spiro atoms. The van der Waals surface area contributed by atoms with Crippen LogP contribution in [0.5, 0.6) is 0 Å². The number of β-amino-alcohol motifs (C(OH)–C–C–N with tert-alkyl or cyclic N) is 1. The Bertz CT molecular complexity index is 185. The smallest absolute Gasteiger partial charge is 0.0976 e. The van der Waals surface area contributed by atoms with E-state index in [0.29, 0.717) is 6.54 Å². The fraction of sp³-hybridized carbons (Fsp3) is 1.00. The molecule has 0 amide bonds. The predicted octanol–water partition coefficient (Wildman–Crippen LogP) is -1.99. The van der Waals surface area contributed by atoms with Gasteiger partial charge in [0.15, 0.2) is 0 Å². The van der Waals surface area contributed by atoms with Crippen LogP contribution < -0.4 is 5.32 Å². The third-order valence-electron chi connectivity index (χ3n) is 2.95. The molecule has 0 unspecified atom stereocenters. The average Bonchev–Trinajstić information content (AvgIpc) is 2.52. The van der Waals surface area contributed by atoms with Gasteiger partial charge in [0.1, 0.15) is 0 Å². The van der Waals surface area contributed by atoms with Gasteiger partial charge in [-0.3, -0.25) is 4.90 Å². The lowest BCUT2D eigenvalue weighted by molar-refractivity contribution is 0.00922. The van der Waals surface area contributed by atoms with Gasteiger partial charge >= 0.3 is 0 Å². The van der Waals surface area contributed by atoms with Gasteiger partial charge in [-0.1, -0.05) is 0 Å². The van der Waals surface area contributed by atoms with Crippen molar-refractivity contribution in [1.29, 1.82) is 0 Å². The summed E-state index contributed by atoms with van der Waals surface area (Å²) in [7, 11) is 0. The van der Waals surface area contributed by atoms with Crippen LogP contribution in [0, 0.1) is 0 Å². The molecule has 0 aliphatic carbocycles. The fourth-order valence-corrected chi connectivity index (χ4v) is 2.02. The summed E-state index contributed by atoms with van der Waals surface area (Å²) in [5.74, 6) is 0. The minimum Gasteiger partial charge on any atom is -0.389 e. The molecule has 82 valence electrons. The van der Waals surface area contributed by atoms with Crippen LogP contribution in [0.3, 0.4) is 0 Å². The van der Waals surface area contributed by atoms with Gasteiger partial charge in [0, 0.05) is 32.2 Å². The Morgan fingerprint density at radius 3 is 2.57 bits per heavy atom. The molecule has 0 aromatic heterocycles. The van der Waals surface area contributed by atoms with Crippen molar-refractivity contribution >= 4 is 0 Å². The van der Waals surface area contributed by atoms with Crippen LogP contribution in [0.25, 0.3) is 0 Å². The zero-order chi connectivity index (χ0) is 9.97. The van der Waals surface area contributed by atoms with E-state index in [2.05, 4.69) is 10.2 Å². The molecule has 2 rings (SSSR count). The summed E-state index contributed by atoms with van der Waals surface area (Å²) in [4.78, 5) is 2.25. The monoisotopic (exact) mass is 202 g/mol. The maximum atomic E-state index is 9.62. The van der Waals surface area contributed by atoms with Gasteiger partial charge in [0.05, 0.1) is 25.4 Å². The van der Waals surface area contributed by atoms with Crippen LogP contribution in [-0.2, 0) is 4.74 Å². The molecule has 14 heavy (non-hydrogen) atoms. The lowest BCUT2D eigenvalue weighted by Gasteiger charge is -2.30. The van der Waals surface area contributed by atoms with Gasteiger partial charge in [0.25, 0.3) is 0 Å². The van der Waals surface area contributed by atoms with Crippen molar-refractivity contribution in [2.75, 3.05) is 39.4 Å². The van der Waals surface area contributed by atoms with Crippen LogP contribution in [0.1, 0.15) is 0 Å². The van der Waals surface area contributed by atoms with E-state index in [1.165, 1.54) is 0 Å². The molecule has 0 bridgehead atoms. The van der Waals surface area contributed by atoms with Crippen molar-refractivity contribution in [1.82, 2.24) is 10.2 Å². The molecule has 5 heteroatoms. The third kappa shape index (κ3) is 2.24. The average molecular weight is 202 g/mol. The summed E-state index contributed by atoms with van der Waals surface area (Å²) in [5, 5.41) is 22.1. The van der Waals surface area contributed by atoms with E-state index in [1.807, 2.05) is 0 Å².